The fraction of sp³-hybridized carbons (Fsp3) is 0.250. The zero-order valence-electron chi connectivity index (χ0n) is 11.7. The number of carbonyl (C=O) groups is 2. The predicted molar refractivity (Wildman–Crippen MR) is 78.1 cm³/mol. The molecule has 1 unspecified atom stereocenters. The van der Waals surface area contributed by atoms with Crippen LogP contribution < -0.4 is 4.74 Å². The van der Waals surface area contributed by atoms with Crippen LogP contribution in [0.5, 0.6) is 5.75 Å². The summed E-state index contributed by atoms with van der Waals surface area (Å²) in [5.74, 6) is -2.56. The second-order valence-corrected chi connectivity index (χ2v) is 4.26. The lowest BCUT2D eigenvalue weighted by Gasteiger charge is -2.12. The summed E-state index contributed by atoms with van der Waals surface area (Å²) in [6, 6.07) is 6.87. The molecular formula is C16H18O5. The molecule has 0 amide bonds. The number of esters is 1. The first-order chi connectivity index (χ1) is 10.1. The van der Waals surface area contributed by atoms with Crippen molar-refractivity contribution in [3.05, 3.63) is 55.1 Å². The number of hydrogen-bond acceptors (Lipinski definition) is 4. The highest BCUT2D eigenvalue weighted by Crippen LogP contribution is 2.16. The first-order valence-corrected chi connectivity index (χ1v) is 6.41. The molecular weight excluding hydrogens is 272 g/mol. The summed E-state index contributed by atoms with van der Waals surface area (Å²) in [7, 11) is 0. The van der Waals surface area contributed by atoms with Gasteiger partial charge in [0.2, 0.25) is 0 Å². The maximum absolute atomic E-state index is 11.7. The lowest BCUT2D eigenvalue weighted by atomic mass is 9.99. The number of benzene rings is 1. The number of rotatable bonds is 9. The van der Waals surface area contributed by atoms with Crippen LogP contribution in [0.2, 0.25) is 0 Å². The third-order valence-electron chi connectivity index (χ3n) is 2.66. The summed E-state index contributed by atoms with van der Waals surface area (Å²) in [6.45, 7) is 7.35. The molecule has 1 rings (SSSR count). The van der Waals surface area contributed by atoms with Crippen molar-refractivity contribution in [3.8, 4) is 5.75 Å². The third-order valence-corrected chi connectivity index (χ3v) is 2.66. The molecule has 5 heteroatoms. The molecule has 0 fully saturated rings. The fourth-order valence-electron chi connectivity index (χ4n) is 1.63. The molecule has 1 atom stereocenters. The normalized spacial score (nSPS) is 11.2. The molecule has 0 radical (unpaired) electrons. The van der Waals surface area contributed by atoms with Gasteiger partial charge in [-0.15, -0.1) is 0 Å². The molecule has 0 aliphatic carbocycles. The Bertz CT molecular complexity index is 504. The molecule has 0 aliphatic heterocycles. The molecule has 0 bridgehead atoms. The molecule has 1 aromatic rings. The summed E-state index contributed by atoms with van der Waals surface area (Å²) in [4.78, 5) is 22.8. The summed E-state index contributed by atoms with van der Waals surface area (Å²) < 4.78 is 10.1. The Kier molecular flexibility index (Phi) is 6.74. The van der Waals surface area contributed by atoms with Gasteiger partial charge in [-0.3, -0.25) is 9.59 Å². The van der Waals surface area contributed by atoms with Gasteiger partial charge in [-0.2, -0.15) is 0 Å². The number of hydrogen-bond donors (Lipinski definition) is 1. The highest BCUT2D eigenvalue weighted by atomic mass is 16.5. The van der Waals surface area contributed by atoms with Gasteiger partial charge in [0.15, 0.2) is 5.92 Å². The van der Waals surface area contributed by atoms with E-state index in [0.29, 0.717) is 17.9 Å². The summed E-state index contributed by atoms with van der Waals surface area (Å²) in [5, 5.41) is 9.11. The minimum Gasteiger partial charge on any atom is -0.490 e. The SMILES string of the molecule is C=CCOC(=O)C(Cc1ccc(OCC=C)cc1)C(=O)O. The average Bonchev–Trinajstić information content (AvgIpc) is 2.49. The Labute approximate surface area is 123 Å². The quantitative estimate of drug-likeness (QED) is 0.429. The minimum absolute atomic E-state index is 0.00303. The molecule has 0 spiro atoms. The highest BCUT2D eigenvalue weighted by Gasteiger charge is 2.27. The van der Waals surface area contributed by atoms with Crippen LogP contribution in [0.4, 0.5) is 0 Å². The van der Waals surface area contributed by atoms with Crippen molar-refractivity contribution in [1.82, 2.24) is 0 Å². The smallest absolute Gasteiger partial charge is 0.320 e. The second-order valence-electron chi connectivity index (χ2n) is 4.26. The van der Waals surface area contributed by atoms with E-state index in [9.17, 15) is 9.59 Å². The Morgan fingerprint density at radius 1 is 1.14 bits per heavy atom. The van der Waals surface area contributed by atoms with Crippen molar-refractivity contribution < 1.29 is 24.2 Å². The second kappa shape index (κ2) is 8.58. The van der Waals surface area contributed by atoms with Crippen molar-refractivity contribution in [2.24, 2.45) is 5.92 Å². The van der Waals surface area contributed by atoms with E-state index < -0.39 is 17.9 Å². The Morgan fingerprint density at radius 3 is 2.29 bits per heavy atom. The topological polar surface area (TPSA) is 72.8 Å². The van der Waals surface area contributed by atoms with Crippen molar-refractivity contribution >= 4 is 11.9 Å². The van der Waals surface area contributed by atoms with E-state index in [1.807, 2.05) is 0 Å². The van der Waals surface area contributed by atoms with Crippen LogP contribution in [0.25, 0.3) is 0 Å². The molecule has 0 heterocycles. The highest BCUT2D eigenvalue weighted by molar-refractivity contribution is 5.94. The van der Waals surface area contributed by atoms with Crippen LogP contribution in [0.3, 0.4) is 0 Å². The largest absolute Gasteiger partial charge is 0.490 e. The maximum atomic E-state index is 11.7. The number of carboxylic acids is 1. The number of ether oxygens (including phenoxy) is 2. The molecule has 21 heavy (non-hydrogen) atoms. The Hall–Kier alpha value is -2.56. The predicted octanol–water partition coefficient (Wildman–Crippen LogP) is 2.22. The van der Waals surface area contributed by atoms with Crippen LogP contribution >= 0.6 is 0 Å². The van der Waals surface area contributed by atoms with Crippen LogP contribution in [0, 0.1) is 5.92 Å². The lowest BCUT2D eigenvalue weighted by Crippen LogP contribution is -2.28. The van der Waals surface area contributed by atoms with E-state index in [0.717, 1.165) is 0 Å². The van der Waals surface area contributed by atoms with Crippen molar-refractivity contribution in [1.29, 1.82) is 0 Å². The van der Waals surface area contributed by atoms with Gasteiger partial charge in [0.05, 0.1) is 0 Å². The van der Waals surface area contributed by atoms with Crippen molar-refractivity contribution in [2.75, 3.05) is 13.2 Å². The Balaban J connectivity index is 2.70. The van der Waals surface area contributed by atoms with Gasteiger partial charge in [0, 0.05) is 0 Å². The van der Waals surface area contributed by atoms with E-state index in [2.05, 4.69) is 13.2 Å². The lowest BCUT2D eigenvalue weighted by molar-refractivity contribution is -0.157. The van der Waals surface area contributed by atoms with Gasteiger partial charge in [0.1, 0.15) is 19.0 Å². The number of carboxylic acid groups (broad SMARTS) is 1. The monoisotopic (exact) mass is 290 g/mol. The third kappa shape index (κ3) is 5.52. The van der Waals surface area contributed by atoms with Gasteiger partial charge in [-0.1, -0.05) is 37.4 Å². The maximum Gasteiger partial charge on any atom is 0.320 e. The Morgan fingerprint density at radius 2 is 1.76 bits per heavy atom. The molecule has 0 saturated carbocycles. The van der Waals surface area contributed by atoms with Crippen LogP contribution in [-0.4, -0.2) is 30.3 Å². The fourth-order valence-corrected chi connectivity index (χ4v) is 1.63. The molecule has 0 saturated heterocycles. The number of aliphatic carboxylic acids is 1. The summed E-state index contributed by atoms with van der Waals surface area (Å²) in [5.41, 5.74) is 0.712. The number of carbonyl (C=O) groups excluding carboxylic acids is 1. The molecule has 1 aromatic carbocycles. The van der Waals surface area contributed by atoms with Gasteiger partial charge in [0.25, 0.3) is 0 Å². The van der Waals surface area contributed by atoms with E-state index in [-0.39, 0.29) is 13.0 Å². The molecule has 5 nitrogen and oxygen atoms in total. The van der Waals surface area contributed by atoms with E-state index >= 15 is 0 Å². The zero-order chi connectivity index (χ0) is 15.7. The van der Waals surface area contributed by atoms with Crippen LogP contribution in [0.1, 0.15) is 5.56 Å². The first-order valence-electron chi connectivity index (χ1n) is 6.41. The van der Waals surface area contributed by atoms with E-state index in [1.54, 1.807) is 30.3 Å². The van der Waals surface area contributed by atoms with E-state index in [1.165, 1.54) is 6.08 Å². The van der Waals surface area contributed by atoms with Crippen molar-refractivity contribution in [2.45, 2.75) is 6.42 Å². The van der Waals surface area contributed by atoms with Gasteiger partial charge in [-0.05, 0) is 24.1 Å². The van der Waals surface area contributed by atoms with Crippen LogP contribution in [0.15, 0.2) is 49.6 Å². The molecule has 0 aromatic heterocycles. The van der Waals surface area contributed by atoms with E-state index in [4.69, 9.17) is 14.6 Å². The molecule has 112 valence electrons. The van der Waals surface area contributed by atoms with Gasteiger partial charge < -0.3 is 14.6 Å². The van der Waals surface area contributed by atoms with Gasteiger partial charge >= 0.3 is 11.9 Å². The standard InChI is InChI=1S/C16H18O5/c1-3-9-20-13-7-5-12(6-8-13)11-14(15(17)18)16(19)21-10-4-2/h3-8,14H,1-2,9-11H2,(H,17,18). The summed E-state index contributed by atoms with van der Waals surface area (Å²) in [6.07, 6.45) is 3.08. The first kappa shape index (κ1) is 16.5. The summed E-state index contributed by atoms with van der Waals surface area (Å²) >= 11 is 0. The minimum atomic E-state index is -1.23. The van der Waals surface area contributed by atoms with Crippen molar-refractivity contribution in [3.63, 3.8) is 0 Å². The average molecular weight is 290 g/mol. The molecule has 1 N–H and O–H groups in total. The van der Waals surface area contributed by atoms with Crippen LogP contribution in [-0.2, 0) is 20.7 Å². The molecule has 0 aliphatic rings. The van der Waals surface area contributed by atoms with Gasteiger partial charge in [-0.25, -0.2) is 0 Å². The zero-order valence-corrected chi connectivity index (χ0v) is 11.7.